The Morgan fingerprint density at radius 2 is 2.05 bits per heavy atom. The van der Waals surface area contributed by atoms with Crippen LogP contribution in [0.1, 0.15) is 12.8 Å². The van der Waals surface area contributed by atoms with E-state index in [1.54, 1.807) is 11.0 Å². The van der Waals surface area contributed by atoms with Crippen LogP contribution in [-0.2, 0) is 9.53 Å². The van der Waals surface area contributed by atoms with Crippen molar-refractivity contribution in [1.29, 1.82) is 0 Å². The highest BCUT2D eigenvalue weighted by molar-refractivity contribution is 5.97. The van der Waals surface area contributed by atoms with Crippen LogP contribution in [-0.4, -0.2) is 37.4 Å². The van der Waals surface area contributed by atoms with Crippen molar-refractivity contribution in [2.45, 2.75) is 12.8 Å². The second-order valence-corrected chi connectivity index (χ2v) is 4.66. The van der Waals surface area contributed by atoms with E-state index < -0.39 is 0 Å². The summed E-state index contributed by atoms with van der Waals surface area (Å²) in [5.41, 5.74) is 7.15. The van der Waals surface area contributed by atoms with Gasteiger partial charge in [-0.2, -0.15) is 0 Å². The molecule has 19 heavy (non-hydrogen) atoms. The summed E-state index contributed by atoms with van der Waals surface area (Å²) in [4.78, 5) is 14.1. The third kappa shape index (κ3) is 3.24. The number of aliphatic hydroxyl groups excluding tert-OH is 1. The van der Waals surface area contributed by atoms with E-state index in [9.17, 15) is 9.90 Å². The van der Waals surface area contributed by atoms with Gasteiger partial charge in [-0.15, -0.1) is 0 Å². The molecule has 1 aromatic rings. The molecule has 1 saturated heterocycles. The van der Waals surface area contributed by atoms with Gasteiger partial charge in [0.1, 0.15) is 0 Å². The van der Waals surface area contributed by atoms with E-state index in [0.717, 1.165) is 12.8 Å². The first-order valence-corrected chi connectivity index (χ1v) is 6.58. The second kappa shape index (κ2) is 6.54. The van der Waals surface area contributed by atoms with Crippen molar-refractivity contribution < 1.29 is 14.6 Å². The number of anilines is 2. The third-order valence-corrected chi connectivity index (χ3v) is 3.39. The van der Waals surface area contributed by atoms with E-state index in [-0.39, 0.29) is 25.0 Å². The second-order valence-electron chi connectivity index (χ2n) is 4.66. The number of carbonyl (C=O) groups excluding carboxylic acids is 1. The number of carbonyl (C=O) groups is 1. The summed E-state index contributed by atoms with van der Waals surface area (Å²) in [7, 11) is 0. The number of nitrogen functional groups attached to an aromatic ring is 1. The standard InChI is InChI=1S/C14H20N2O3/c15-12-3-1-2-4-13(12)16(7-8-17)14(18)11-5-9-19-10-6-11/h1-4,11,17H,5-10,15H2. The molecule has 0 aromatic heterocycles. The molecule has 2 rings (SSSR count). The Kier molecular flexibility index (Phi) is 4.76. The van der Waals surface area contributed by atoms with E-state index >= 15 is 0 Å². The van der Waals surface area contributed by atoms with E-state index in [4.69, 9.17) is 10.5 Å². The van der Waals surface area contributed by atoms with Gasteiger partial charge in [-0.3, -0.25) is 4.79 Å². The van der Waals surface area contributed by atoms with Crippen LogP contribution in [0.25, 0.3) is 0 Å². The van der Waals surface area contributed by atoms with Gasteiger partial charge in [-0.1, -0.05) is 12.1 Å². The lowest BCUT2D eigenvalue weighted by atomic mass is 9.98. The number of hydrogen-bond donors (Lipinski definition) is 2. The highest BCUT2D eigenvalue weighted by atomic mass is 16.5. The number of nitrogens with two attached hydrogens (primary N) is 1. The maximum absolute atomic E-state index is 12.5. The predicted molar refractivity (Wildman–Crippen MR) is 73.8 cm³/mol. The minimum absolute atomic E-state index is 0.0234. The molecule has 1 heterocycles. The summed E-state index contributed by atoms with van der Waals surface area (Å²) < 4.78 is 5.27. The van der Waals surface area contributed by atoms with E-state index in [1.807, 2.05) is 18.2 Å². The minimum atomic E-state index is -0.0801. The smallest absolute Gasteiger partial charge is 0.230 e. The van der Waals surface area contributed by atoms with Gasteiger partial charge in [-0.25, -0.2) is 0 Å². The third-order valence-electron chi connectivity index (χ3n) is 3.39. The molecule has 0 spiro atoms. The maximum atomic E-state index is 12.5. The average Bonchev–Trinajstić information content (AvgIpc) is 2.46. The van der Waals surface area contributed by atoms with Gasteiger partial charge in [0.25, 0.3) is 0 Å². The number of para-hydroxylation sites is 2. The Hall–Kier alpha value is -1.59. The van der Waals surface area contributed by atoms with Crippen LogP contribution in [0.2, 0.25) is 0 Å². The van der Waals surface area contributed by atoms with Crippen LogP contribution in [0.3, 0.4) is 0 Å². The molecule has 0 saturated carbocycles. The van der Waals surface area contributed by atoms with Gasteiger partial charge in [0.2, 0.25) is 5.91 Å². The van der Waals surface area contributed by atoms with Crippen molar-refractivity contribution in [2.75, 3.05) is 37.0 Å². The zero-order valence-electron chi connectivity index (χ0n) is 10.9. The van der Waals surface area contributed by atoms with Crippen LogP contribution in [0.5, 0.6) is 0 Å². The minimum Gasteiger partial charge on any atom is -0.397 e. The van der Waals surface area contributed by atoms with Crippen molar-refractivity contribution in [2.24, 2.45) is 5.92 Å². The monoisotopic (exact) mass is 264 g/mol. The van der Waals surface area contributed by atoms with Crippen molar-refractivity contribution in [3.05, 3.63) is 24.3 Å². The fourth-order valence-corrected chi connectivity index (χ4v) is 2.35. The van der Waals surface area contributed by atoms with Gasteiger partial charge in [0.15, 0.2) is 0 Å². The molecule has 1 fully saturated rings. The Morgan fingerprint density at radius 3 is 2.68 bits per heavy atom. The number of benzene rings is 1. The first kappa shape index (κ1) is 13.8. The highest BCUT2D eigenvalue weighted by Gasteiger charge is 2.27. The molecule has 1 aromatic carbocycles. The van der Waals surface area contributed by atoms with Crippen LogP contribution in [0.15, 0.2) is 24.3 Å². The number of ether oxygens (including phenoxy) is 1. The van der Waals surface area contributed by atoms with Crippen LogP contribution in [0, 0.1) is 5.92 Å². The molecular formula is C14H20N2O3. The van der Waals surface area contributed by atoms with Gasteiger partial charge in [0, 0.05) is 25.7 Å². The van der Waals surface area contributed by atoms with Gasteiger partial charge < -0.3 is 20.5 Å². The summed E-state index contributed by atoms with van der Waals surface area (Å²) in [5.74, 6) is -0.0184. The summed E-state index contributed by atoms with van der Waals surface area (Å²) in [5, 5.41) is 9.18. The molecule has 1 aliphatic rings. The largest absolute Gasteiger partial charge is 0.397 e. The van der Waals surface area contributed by atoms with E-state index in [2.05, 4.69) is 0 Å². The Morgan fingerprint density at radius 1 is 1.37 bits per heavy atom. The number of amides is 1. The molecule has 104 valence electrons. The fraction of sp³-hybridized carbons (Fsp3) is 0.500. The average molecular weight is 264 g/mol. The van der Waals surface area contributed by atoms with E-state index in [1.165, 1.54) is 0 Å². The first-order chi connectivity index (χ1) is 9.24. The van der Waals surface area contributed by atoms with Gasteiger partial charge >= 0.3 is 0 Å². The Labute approximate surface area is 113 Å². The highest BCUT2D eigenvalue weighted by Crippen LogP contribution is 2.26. The molecule has 0 atom stereocenters. The summed E-state index contributed by atoms with van der Waals surface area (Å²) in [6, 6.07) is 7.24. The lowest BCUT2D eigenvalue weighted by molar-refractivity contribution is -0.125. The topological polar surface area (TPSA) is 75.8 Å². The van der Waals surface area contributed by atoms with Gasteiger partial charge in [-0.05, 0) is 25.0 Å². The Balaban J connectivity index is 2.19. The number of aliphatic hydroxyl groups is 1. The number of hydrogen-bond acceptors (Lipinski definition) is 4. The predicted octanol–water partition coefficient (Wildman–Crippen LogP) is 1.02. The quantitative estimate of drug-likeness (QED) is 0.796. The lowest BCUT2D eigenvalue weighted by Gasteiger charge is -2.29. The molecule has 0 aliphatic carbocycles. The molecular weight excluding hydrogens is 244 g/mol. The van der Waals surface area contributed by atoms with Gasteiger partial charge in [0.05, 0.1) is 18.0 Å². The normalized spacial score (nSPS) is 16.3. The van der Waals surface area contributed by atoms with Crippen molar-refractivity contribution in [1.82, 2.24) is 0 Å². The summed E-state index contributed by atoms with van der Waals surface area (Å²) >= 11 is 0. The molecule has 0 bridgehead atoms. The van der Waals surface area contributed by atoms with Crippen molar-refractivity contribution in [3.63, 3.8) is 0 Å². The first-order valence-electron chi connectivity index (χ1n) is 6.58. The molecule has 1 amide bonds. The zero-order chi connectivity index (χ0) is 13.7. The molecule has 3 N–H and O–H groups in total. The zero-order valence-corrected chi connectivity index (χ0v) is 10.9. The fourth-order valence-electron chi connectivity index (χ4n) is 2.35. The van der Waals surface area contributed by atoms with Crippen molar-refractivity contribution >= 4 is 17.3 Å². The van der Waals surface area contributed by atoms with Crippen LogP contribution >= 0.6 is 0 Å². The van der Waals surface area contributed by atoms with Crippen LogP contribution in [0.4, 0.5) is 11.4 Å². The molecule has 5 heteroatoms. The SMILES string of the molecule is Nc1ccccc1N(CCO)C(=O)C1CCOCC1. The number of rotatable bonds is 4. The maximum Gasteiger partial charge on any atom is 0.230 e. The summed E-state index contributed by atoms with van der Waals surface area (Å²) in [6.07, 6.45) is 1.46. The van der Waals surface area contributed by atoms with E-state index in [0.29, 0.717) is 24.6 Å². The molecule has 5 nitrogen and oxygen atoms in total. The Bertz CT molecular complexity index is 430. The van der Waals surface area contributed by atoms with Crippen molar-refractivity contribution in [3.8, 4) is 0 Å². The molecule has 1 aliphatic heterocycles. The van der Waals surface area contributed by atoms with Crippen LogP contribution < -0.4 is 10.6 Å². The molecule has 0 unspecified atom stereocenters. The molecule has 0 radical (unpaired) electrons. The lowest BCUT2D eigenvalue weighted by Crippen LogP contribution is -2.40. The summed E-state index contributed by atoms with van der Waals surface area (Å²) in [6.45, 7) is 1.43. The number of nitrogens with zero attached hydrogens (tertiary/aromatic N) is 1.